The Balaban J connectivity index is 1.99. The molecule has 3 rings (SSSR count). The summed E-state index contributed by atoms with van der Waals surface area (Å²) in [6, 6.07) is 0. The Morgan fingerprint density at radius 1 is 1.41 bits per heavy atom. The Bertz CT molecular complexity index is 538. The minimum absolute atomic E-state index is 0.0271. The van der Waals surface area contributed by atoms with E-state index in [4.69, 9.17) is 10.5 Å². The second kappa shape index (κ2) is 3.96. The Morgan fingerprint density at radius 2 is 2.29 bits per heavy atom. The number of imidazole rings is 1. The van der Waals surface area contributed by atoms with Gasteiger partial charge in [-0.2, -0.15) is 0 Å². The standard InChI is InChI=1S/C11H15N5O/c1-2-7-3-4-8(17-7)16-6-15-9-10(12)13-5-14-11(9)16/h5-8H,2-4H2,1H3,(H2,12,13,14). The molecule has 2 unspecified atom stereocenters. The molecule has 2 atom stereocenters. The third-order valence-electron chi connectivity index (χ3n) is 3.24. The third-order valence-corrected chi connectivity index (χ3v) is 3.24. The van der Waals surface area contributed by atoms with Gasteiger partial charge in [0, 0.05) is 0 Å². The molecular formula is C11H15N5O. The van der Waals surface area contributed by atoms with Crippen LogP contribution in [0.4, 0.5) is 5.82 Å². The first-order valence-corrected chi connectivity index (χ1v) is 5.88. The predicted octanol–water partition coefficient (Wildman–Crippen LogP) is 1.50. The molecule has 0 radical (unpaired) electrons. The van der Waals surface area contributed by atoms with E-state index in [-0.39, 0.29) is 6.23 Å². The molecule has 0 saturated carbocycles. The molecule has 2 aromatic rings. The van der Waals surface area contributed by atoms with Crippen molar-refractivity contribution in [3.63, 3.8) is 0 Å². The van der Waals surface area contributed by atoms with E-state index in [0.717, 1.165) is 24.9 Å². The van der Waals surface area contributed by atoms with Crippen LogP contribution in [-0.2, 0) is 4.74 Å². The zero-order chi connectivity index (χ0) is 11.8. The number of anilines is 1. The highest BCUT2D eigenvalue weighted by molar-refractivity contribution is 5.81. The number of nitrogens with two attached hydrogens (primary N) is 1. The van der Waals surface area contributed by atoms with Crippen LogP contribution in [0.15, 0.2) is 12.7 Å². The van der Waals surface area contributed by atoms with Crippen molar-refractivity contribution in [1.29, 1.82) is 0 Å². The fourth-order valence-electron chi connectivity index (χ4n) is 2.27. The van der Waals surface area contributed by atoms with Crippen LogP contribution in [0.25, 0.3) is 11.2 Å². The molecular weight excluding hydrogens is 218 g/mol. The van der Waals surface area contributed by atoms with Crippen molar-refractivity contribution >= 4 is 17.0 Å². The number of fused-ring (bicyclic) bond motifs is 1. The number of hydrogen-bond acceptors (Lipinski definition) is 5. The van der Waals surface area contributed by atoms with E-state index in [2.05, 4.69) is 21.9 Å². The molecule has 17 heavy (non-hydrogen) atoms. The lowest BCUT2D eigenvalue weighted by atomic mass is 10.2. The zero-order valence-corrected chi connectivity index (χ0v) is 9.71. The molecule has 0 bridgehead atoms. The maximum Gasteiger partial charge on any atom is 0.167 e. The van der Waals surface area contributed by atoms with Crippen LogP contribution < -0.4 is 5.73 Å². The lowest BCUT2D eigenvalue weighted by Gasteiger charge is -2.13. The summed E-state index contributed by atoms with van der Waals surface area (Å²) in [5.74, 6) is 0.416. The first-order chi connectivity index (χ1) is 8.29. The van der Waals surface area contributed by atoms with Gasteiger partial charge in [0.25, 0.3) is 0 Å². The molecule has 0 aromatic carbocycles. The van der Waals surface area contributed by atoms with Crippen molar-refractivity contribution in [3.05, 3.63) is 12.7 Å². The van der Waals surface area contributed by atoms with Crippen molar-refractivity contribution in [2.24, 2.45) is 0 Å². The molecule has 1 aliphatic heterocycles. The van der Waals surface area contributed by atoms with Crippen LogP contribution in [-0.4, -0.2) is 25.6 Å². The van der Waals surface area contributed by atoms with E-state index in [9.17, 15) is 0 Å². The molecule has 3 heterocycles. The average Bonchev–Trinajstić information content (AvgIpc) is 2.94. The summed E-state index contributed by atoms with van der Waals surface area (Å²) < 4.78 is 7.87. The summed E-state index contributed by atoms with van der Waals surface area (Å²) in [5, 5.41) is 0. The van der Waals surface area contributed by atoms with Crippen molar-refractivity contribution in [2.75, 3.05) is 5.73 Å². The predicted molar refractivity (Wildman–Crippen MR) is 63.2 cm³/mol. The number of ether oxygens (including phenoxy) is 1. The molecule has 2 N–H and O–H groups in total. The van der Waals surface area contributed by atoms with Gasteiger partial charge in [-0.05, 0) is 19.3 Å². The van der Waals surface area contributed by atoms with E-state index in [1.54, 1.807) is 6.33 Å². The van der Waals surface area contributed by atoms with E-state index >= 15 is 0 Å². The molecule has 90 valence electrons. The van der Waals surface area contributed by atoms with Gasteiger partial charge in [0.15, 0.2) is 11.5 Å². The van der Waals surface area contributed by atoms with Gasteiger partial charge in [0.05, 0.1) is 12.4 Å². The smallest absolute Gasteiger partial charge is 0.167 e. The first-order valence-electron chi connectivity index (χ1n) is 5.88. The highest BCUT2D eigenvalue weighted by Crippen LogP contribution is 2.31. The minimum Gasteiger partial charge on any atom is -0.382 e. The normalized spacial score (nSPS) is 24.5. The van der Waals surface area contributed by atoms with Crippen LogP contribution in [0, 0.1) is 0 Å². The van der Waals surface area contributed by atoms with Crippen molar-refractivity contribution in [3.8, 4) is 0 Å². The van der Waals surface area contributed by atoms with Crippen LogP contribution in [0.1, 0.15) is 32.4 Å². The molecule has 6 heteroatoms. The quantitative estimate of drug-likeness (QED) is 0.850. The topological polar surface area (TPSA) is 78.9 Å². The highest BCUT2D eigenvalue weighted by atomic mass is 16.5. The SMILES string of the molecule is CCC1CCC(n2cnc3c(N)ncnc32)O1. The van der Waals surface area contributed by atoms with Crippen molar-refractivity contribution in [1.82, 2.24) is 19.5 Å². The van der Waals surface area contributed by atoms with E-state index in [0.29, 0.717) is 17.4 Å². The second-order valence-electron chi connectivity index (χ2n) is 4.28. The van der Waals surface area contributed by atoms with E-state index < -0.39 is 0 Å². The van der Waals surface area contributed by atoms with E-state index in [1.807, 2.05) is 4.57 Å². The van der Waals surface area contributed by atoms with E-state index in [1.165, 1.54) is 6.33 Å². The van der Waals surface area contributed by atoms with Gasteiger partial charge in [-0.3, -0.25) is 4.57 Å². The highest BCUT2D eigenvalue weighted by Gasteiger charge is 2.26. The second-order valence-corrected chi connectivity index (χ2v) is 4.28. The number of rotatable bonds is 2. The summed E-state index contributed by atoms with van der Waals surface area (Å²) in [7, 11) is 0. The van der Waals surface area contributed by atoms with Crippen molar-refractivity contribution < 1.29 is 4.74 Å². The maximum atomic E-state index is 5.92. The number of nitrogen functional groups attached to an aromatic ring is 1. The monoisotopic (exact) mass is 233 g/mol. The fourth-order valence-corrected chi connectivity index (χ4v) is 2.27. The first kappa shape index (κ1) is 10.5. The lowest BCUT2D eigenvalue weighted by molar-refractivity contribution is 0.00289. The molecule has 1 saturated heterocycles. The van der Waals surface area contributed by atoms with Gasteiger partial charge in [-0.1, -0.05) is 6.92 Å². The molecule has 6 nitrogen and oxygen atoms in total. The Hall–Kier alpha value is -1.69. The molecule has 1 aliphatic rings. The molecule has 0 amide bonds. The Morgan fingerprint density at radius 3 is 3.06 bits per heavy atom. The summed E-state index contributed by atoms with van der Waals surface area (Å²) in [6.45, 7) is 2.14. The Labute approximate surface area is 98.8 Å². The largest absolute Gasteiger partial charge is 0.382 e. The van der Waals surface area contributed by atoms with Gasteiger partial charge in [-0.25, -0.2) is 15.0 Å². The van der Waals surface area contributed by atoms with Gasteiger partial charge in [0.2, 0.25) is 0 Å². The number of aromatic nitrogens is 4. The molecule has 0 spiro atoms. The van der Waals surface area contributed by atoms with Gasteiger partial charge >= 0.3 is 0 Å². The van der Waals surface area contributed by atoms with Gasteiger partial charge < -0.3 is 10.5 Å². The number of nitrogens with zero attached hydrogens (tertiary/aromatic N) is 4. The van der Waals surface area contributed by atoms with Crippen LogP contribution in [0.2, 0.25) is 0 Å². The summed E-state index contributed by atoms with van der Waals surface area (Å²) in [5.41, 5.74) is 7.15. The lowest BCUT2D eigenvalue weighted by Crippen LogP contribution is -2.10. The van der Waals surface area contributed by atoms with Gasteiger partial charge in [-0.15, -0.1) is 0 Å². The van der Waals surface area contributed by atoms with Crippen LogP contribution in [0.5, 0.6) is 0 Å². The van der Waals surface area contributed by atoms with Gasteiger partial charge in [0.1, 0.15) is 18.1 Å². The van der Waals surface area contributed by atoms with Crippen LogP contribution >= 0.6 is 0 Å². The number of hydrogen-bond donors (Lipinski definition) is 1. The third kappa shape index (κ3) is 1.64. The van der Waals surface area contributed by atoms with Crippen molar-refractivity contribution in [2.45, 2.75) is 38.5 Å². The Kier molecular flexibility index (Phi) is 2.44. The summed E-state index contributed by atoms with van der Waals surface area (Å²) in [6.07, 6.45) is 6.69. The summed E-state index contributed by atoms with van der Waals surface area (Å²) >= 11 is 0. The van der Waals surface area contributed by atoms with Crippen LogP contribution in [0.3, 0.4) is 0 Å². The molecule has 2 aromatic heterocycles. The molecule has 1 fully saturated rings. The maximum absolute atomic E-state index is 5.92. The average molecular weight is 233 g/mol. The zero-order valence-electron chi connectivity index (χ0n) is 9.71. The minimum atomic E-state index is 0.0271. The summed E-state index contributed by atoms with van der Waals surface area (Å²) in [4.78, 5) is 12.4. The fraction of sp³-hybridized carbons (Fsp3) is 0.545. The molecule has 0 aliphatic carbocycles.